The molecule has 0 radical (unpaired) electrons. The van der Waals surface area contributed by atoms with Crippen molar-refractivity contribution in [3.05, 3.63) is 0 Å². The minimum atomic E-state index is -0.0862. The van der Waals surface area contributed by atoms with E-state index in [0.717, 1.165) is 0 Å². The van der Waals surface area contributed by atoms with Gasteiger partial charge in [0.1, 0.15) is 5.71 Å². The molecule has 0 heterocycles. The Balaban J connectivity index is 3.82. The van der Waals surface area contributed by atoms with Crippen molar-refractivity contribution in [2.75, 3.05) is 12.8 Å². The first-order chi connectivity index (χ1) is 4.72. The van der Waals surface area contributed by atoms with Crippen LogP contribution in [0.2, 0.25) is 0 Å². The third-order valence-electron chi connectivity index (χ3n) is 0.894. The lowest BCUT2D eigenvalue weighted by Crippen LogP contribution is -2.28. The lowest BCUT2D eigenvalue weighted by atomic mass is 10.4. The van der Waals surface area contributed by atoms with E-state index in [1.807, 2.05) is 13.2 Å². The van der Waals surface area contributed by atoms with E-state index in [9.17, 15) is 4.79 Å². The van der Waals surface area contributed by atoms with Gasteiger partial charge in [-0.05, 0) is 25.8 Å². The van der Waals surface area contributed by atoms with Crippen molar-refractivity contribution in [3.8, 4) is 0 Å². The van der Waals surface area contributed by atoms with Crippen LogP contribution < -0.4 is 5.32 Å². The van der Waals surface area contributed by atoms with Crippen LogP contribution >= 0.6 is 11.9 Å². The van der Waals surface area contributed by atoms with Crippen molar-refractivity contribution < 1.29 is 4.79 Å². The second-order valence-corrected chi connectivity index (χ2v) is 2.27. The minimum absolute atomic E-state index is 0.0862. The smallest absolute Gasteiger partial charge is 0.266 e. The maximum absolute atomic E-state index is 10.9. The van der Waals surface area contributed by atoms with Crippen LogP contribution in [0.25, 0.3) is 0 Å². The molecular formula is C6H12N2OS. The van der Waals surface area contributed by atoms with E-state index in [0.29, 0.717) is 12.3 Å². The van der Waals surface area contributed by atoms with Gasteiger partial charge in [0.05, 0.1) is 0 Å². The molecule has 58 valence electrons. The van der Waals surface area contributed by atoms with Gasteiger partial charge in [0, 0.05) is 12.8 Å². The number of nitrogens with zero attached hydrogens (tertiary/aromatic N) is 1. The monoisotopic (exact) mass is 160 g/mol. The molecule has 0 unspecified atom stereocenters. The van der Waals surface area contributed by atoms with Crippen LogP contribution in [0.15, 0.2) is 4.40 Å². The number of hydrogen-bond donors (Lipinski definition) is 1. The summed E-state index contributed by atoms with van der Waals surface area (Å²) >= 11 is 1.29. The minimum Gasteiger partial charge on any atom is -0.351 e. The van der Waals surface area contributed by atoms with E-state index >= 15 is 0 Å². The molecule has 0 saturated heterocycles. The topological polar surface area (TPSA) is 41.5 Å². The molecule has 1 N–H and O–H groups in total. The highest BCUT2D eigenvalue weighted by Crippen LogP contribution is 1.93. The number of hydrogen-bond acceptors (Lipinski definition) is 3. The first-order valence-electron chi connectivity index (χ1n) is 3.08. The fraction of sp³-hybridized carbons (Fsp3) is 0.667. The highest BCUT2D eigenvalue weighted by atomic mass is 32.2. The third kappa shape index (κ3) is 3.50. The van der Waals surface area contributed by atoms with E-state index in [1.165, 1.54) is 11.9 Å². The van der Waals surface area contributed by atoms with E-state index in [2.05, 4.69) is 9.71 Å². The molecule has 0 aromatic carbocycles. The molecule has 1 amide bonds. The zero-order valence-corrected chi connectivity index (χ0v) is 7.29. The van der Waals surface area contributed by atoms with Crippen LogP contribution in [0.1, 0.15) is 13.8 Å². The predicted molar refractivity (Wildman–Crippen MR) is 45.3 cm³/mol. The van der Waals surface area contributed by atoms with E-state index in [4.69, 9.17) is 0 Å². The zero-order chi connectivity index (χ0) is 7.98. The van der Waals surface area contributed by atoms with Gasteiger partial charge in [-0.1, -0.05) is 0 Å². The van der Waals surface area contributed by atoms with Crippen molar-refractivity contribution in [2.24, 2.45) is 4.40 Å². The molecule has 4 heteroatoms. The summed E-state index contributed by atoms with van der Waals surface area (Å²) in [6.07, 6.45) is 1.82. The SMILES string of the molecule is CCNC(=O)C(C)=NSC. The Hall–Kier alpha value is -0.510. The molecule has 10 heavy (non-hydrogen) atoms. The molecule has 0 aliphatic heterocycles. The van der Waals surface area contributed by atoms with Crippen LogP contribution in [0.4, 0.5) is 0 Å². The van der Waals surface area contributed by atoms with Crippen molar-refractivity contribution >= 4 is 23.6 Å². The fourth-order valence-electron chi connectivity index (χ4n) is 0.467. The maximum atomic E-state index is 10.9. The molecule has 3 nitrogen and oxygen atoms in total. The summed E-state index contributed by atoms with van der Waals surface area (Å²) in [7, 11) is 0. The third-order valence-corrected chi connectivity index (χ3v) is 1.35. The maximum Gasteiger partial charge on any atom is 0.266 e. The van der Waals surface area contributed by atoms with E-state index in [-0.39, 0.29) is 5.91 Å². The van der Waals surface area contributed by atoms with Gasteiger partial charge in [0.15, 0.2) is 0 Å². The van der Waals surface area contributed by atoms with Crippen molar-refractivity contribution in [1.82, 2.24) is 5.32 Å². The molecule has 0 aliphatic rings. The molecule has 0 aliphatic carbocycles. The number of carbonyl (C=O) groups is 1. The van der Waals surface area contributed by atoms with Crippen molar-refractivity contribution in [1.29, 1.82) is 0 Å². The highest BCUT2D eigenvalue weighted by Gasteiger charge is 2.01. The Morgan fingerprint density at radius 1 is 1.70 bits per heavy atom. The van der Waals surface area contributed by atoms with E-state index in [1.54, 1.807) is 6.92 Å². The summed E-state index contributed by atoms with van der Waals surface area (Å²) in [6.45, 7) is 4.23. The summed E-state index contributed by atoms with van der Waals surface area (Å²) in [5, 5.41) is 2.65. The quantitative estimate of drug-likeness (QED) is 0.491. The van der Waals surface area contributed by atoms with Gasteiger partial charge in [0.25, 0.3) is 5.91 Å². The Labute approximate surface area is 65.4 Å². The molecule has 0 atom stereocenters. The van der Waals surface area contributed by atoms with Gasteiger partial charge in [-0.2, -0.15) is 0 Å². The Bertz CT molecular complexity index is 145. The van der Waals surface area contributed by atoms with Crippen molar-refractivity contribution in [3.63, 3.8) is 0 Å². The van der Waals surface area contributed by atoms with Crippen LogP contribution in [-0.4, -0.2) is 24.4 Å². The Morgan fingerprint density at radius 3 is 2.70 bits per heavy atom. The summed E-state index contributed by atoms with van der Waals surface area (Å²) < 4.78 is 3.86. The van der Waals surface area contributed by atoms with E-state index < -0.39 is 0 Å². The number of carbonyl (C=O) groups excluding carboxylic acids is 1. The molecule has 0 aromatic heterocycles. The molecule has 0 rings (SSSR count). The largest absolute Gasteiger partial charge is 0.351 e. The van der Waals surface area contributed by atoms with Gasteiger partial charge in [-0.3, -0.25) is 4.79 Å². The standard InChI is InChI=1S/C6H12N2OS/c1-4-7-6(9)5(2)8-10-3/h4H2,1-3H3,(H,7,9). The first-order valence-corrected chi connectivity index (χ1v) is 4.26. The normalized spacial score (nSPS) is 11.3. The molecule has 0 saturated carbocycles. The first kappa shape index (κ1) is 9.49. The van der Waals surface area contributed by atoms with Crippen LogP contribution in [0, 0.1) is 0 Å². The number of amides is 1. The summed E-state index contributed by atoms with van der Waals surface area (Å²) in [4.78, 5) is 10.9. The molecule has 0 aromatic rings. The predicted octanol–water partition coefficient (Wildman–Crippen LogP) is 0.861. The Morgan fingerprint density at radius 2 is 2.30 bits per heavy atom. The van der Waals surface area contributed by atoms with Gasteiger partial charge < -0.3 is 5.32 Å². The average Bonchev–Trinajstić information content (AvgIpc) is 1.89. The summed E-state index contributed by atoms with van der Waals surface area (Å²) in [5.41, 5.74) is 0.523. The van der Waals surface area contributed by atoms with Gasteiger partial charge in [-0.25, -0.2) is 4.40 Å². The molecule has 0 bridgehead atoms. The lowest BCUT2D eigenvalue weighted by molar-refractivity contribution is -0.114. The second kappa shape index (κ2) is 5.29. The lowest BCUT2D eigenvalue weighted by Gasteiger charge is -1.98. The molecular weight excluding hydrogens is 148 g/mol. The molecule has 0 spiro atoms. The van der Waals surface area contributed by atoms with Gasteiger partial charge in [0.2, 0.25) is 0 Å². The van der Waals surface area contributed by atoms with Crippen LogP contribution in [-0.2, 0) is 4.79 Å². The summed E-state index contributed by atoms with van der Waals surface area (Å²) in [6, 6.07) is 0. The van der Waals surface area contributed by atoms with Gasteiger partial charge in [-0.15, -0.1) is 0 Å². The van der Waals surface area contributed by atoms with Crippen LogP contribution in [0.3, 0.4) is 0 Å². The fourth-order valence-corrected chi connectivity index (χ4v) is 0.824. The molecule has 0 fully saturated rings. The summed E-state index contributed by atoms with van der Waals surface area (Å²) in [5.74, 6) is -0.0862. The average molecular weight is 160 g/mol. The highest BCUT2D eigenvalue weighted by molar-refractivity contribution is 7.97. The zero-order valence-electron chi connectivity index (χ0n) is 6.47. The number of nitrogens with one attached hydrogen (secondary N) is 1. The van der Waals surface area contributed by atoms with Crippen LogP contribution in [0.5, 0.6) is 0 Å². The number of rotatable bonds is 3. The Kier molecular flexibility index (Phi) is 5.02. The van der Waals surface area contributed by atoms with Gasteiger partial charge >= 0.3 is 0 Å². The second-order valence-electron chi connectivity index (χ2n) is 1.72. The van der Waals surface area contributed by atoms with Crippen molar-refractivity contribution in [2.45, 2.75) is 13.8 Å².